The summed E-state index contributed by atoms with van der Waals surface area (Å²) in [5.41, 5.74) is 0.749. The van der Waals surface area contributed by atoms with Crippen molar-refractivity contribution in [2.75, 3.05) is 43.1 Å². The zero-order valence-corrected chi connectivity index (χ0v) is 19.8. The summed E-state index contributed by atoms with van der Waals surface area (Å²) in [7, 11) is 4.00. The Morgan fingerprint density at radius 1 is 1.00 bits per heavy atom. The van der Waals surface area contributed by atoms with Crippen molar-refractivity contribution >= 4 is 44.8 Å². The van der Waals surface area contributed by atoms with Gasteiger partial charge in [-0.3, -0.25) is 0 Å². The third-order valence-electron chi connectivity index (χ3n) is 5.04. The zero-order valence-electron chi connectivity index (χ0n) is 19.0. The van der Waals surface area contributed by atoms with Gasteiger partial charge in [-0.05, 0) is 61.9 Å². The number of likely N-dealkylation sites (N-methyl/N-ethyl adjacent to an activating group) is 1. The number of nitrogens with zero attached hydrogens (tertiary/aromatic N) is 3. The Bertz CT molecular complexity index is 1320. The highest BCUT2D eigenvalue weighted by Gasteiger charge is 2.33. The predicted octanol–water partition coefficient (Wildman–Crippen LogP) is 5.99. The van der Waals surface area contributed by atoms with Crippen molar-refractivity contribution in [2.45, 2.75) is 6.18 Å². The van der Waals surface area contributed by atoms with Crippen LogP contribution in [-0.2, 0) is 6.18 Å². The minimum Gasteiger partial charge on any atom is -0.367 e. The largest absolute Gasteiger partial charge is 0.418 e. The number of benzene rings is 2. The van der Waals surface area contributed by atoms with E-state index in [4.69, 9.17) is 0 Å². The lowest BCUT2D eigenvalue weighted by Gasteiger charge is -2.14. The molecule has 0 bridgehead atoms. The number of alkyl halides is 3. The van der Waals surface area contributed by atoms with E-state index in [0.717, 1.165) is 40.8 Å². The van der Waals surface area contributed by atoms with Crippen molar-refractivity contribution in [3.63, 3.8) is 0 Å². The molecule has 0 saturated heterocycles. The van der Waals surface area contributed by atoms with Crippen LogP contribution >= 0.6 is 11.3 Å². The molecule has 3 N–H and O–H groups in total. The Balaban J connectivity index is 1.48. The SMILES string of the molecule is CN(C)CCNc1nc(-c2ccc(NC(=O)Nc3ccccc3C(F)(F)F)cc2)nc2ccsc12. The maximum Gasteiger partial charge on any atom is 0.418 e. The Kier molecular flexibility index (Phi) is 7.17. The van der Waals surface area contributed by atoms with E-state index in [1.54, 1.807) is 35.6 Å². The first-order chi connectivity index (χ1) is 16.7. The summed E-state index contributed by atoms with van der Waals surface area (Å²) in [6, 6.07) is 12.7. The quantitative estimate of drug-likeness (QED) is 0.290. The van der Waals surface area contributed by atoms with Crippen LogP contribution in [0.15, 0.2) is 60.0 Å². The smallest absolute Gasteiger partial charge is 0.367 e. The van der Waals surface area contributed by atoms with Gasteiger partial charge in [0.15, 0.2) is 5.82 Å². The third-order valence-corrected chi connectivity index (χ3v) is 5.95. The first kappa shape index (κ1) is 24.4. The van der Waals surface area contributed by atoms with Gasteiger partial charge in [-0.1, -0.05) is 12.1 Å². The lowest BCUT2D eigenvalue weighted by Crippen LogP contribution is -2.21. The number of hydrogen-bond donors (Lipinski definition) is 3. The molecule has 2 heterocycles. The summed E-state index contributed by atoms with van der Waals surface area (Å²) >= 11 is 1.56. The Labute approximate surface area is 204 Å². The lowest BCUT2D eigenvalue weighted by atomic mass is 10.1. The molecule has 0 aliphatic heterocycles. The van der Waals surface area contributed by atoms with E-state index in [0.29, 0.717) is 11.5 Å². The maximum atomic E-state index is 13.2. The third kappa shape index (κ3) is 6.06. The molecule has 0 saturated carbocycles. The fraction of sp³-hybridized carbons (Fsp3) is 0.208. The van der Waals surface area contributed by atoms with E-state index >= 15 is 0 Å². The highest BCUT2D eigenvalue weighted by Crippen LogP contribution is 2.34. The van der Waals surface area contributed by atoms with Gasteiger partial charge >= 0.3 is 12.2 Å². The van der Waals surface area contributed by atoms with Gasteiger partial charge in [-0.15, -0.1) is 11.3 Å². The van der Waals surface area contributed by atoms with Crippen molar-refractivity contribution in [3.05, 3.63) is 65.5 Å². The number of carbonyl (C=O) groups excluding carboxylic acids is 1. The van der Waals surface area contributed by atoms with Gasteiger partial charge in [0.1, 0.15) is 5.82 Å². The molecule has 0 radical (unpaired) electrons. The summed E-state index contributed by atoms with van der Waals surface area (Å²) < 4.78 is 40.4. The summed E-state index contributed by atoms with van der Waals surface area (Å²) in [5, 5.41) is 10.1. The van der Waals surface area contributed by atoms with Crippen molar-refractivity contribution < 1.29 is 18.0 Å². The molecule has 2 aromatic carbocycles. The normalized spacial score (nSPS) is 11.6. The number of anilines is 3. The van der Waals surface area contributed by atoms with Crippen LogP contribution in [0.2, 0.25) is 0 Å². The fourth-order valence-electron chi connectivity index (χ4n) is 3.34. The number of aromatic nitrogens is 2. The first-order valence-electron chi connectivity index (χ1n) is 10.7. The van der Waals surface area contributed by atoms with Crippen LogP contribution in [-0.4, -0.2) is 48.1 Å². The molecule has 7 nitrogen and oxygen atoms in total. The molecular formula is C24H23F3N6OS. The monoisotopic (exact) mass is 500 g/mol. The average molecular weight is 501 g/mol. The molecule has 0 fully saturated rings. The molecule has 2 amide bonds. The number of hydrogen-bond acceptors (Lipinski definition) is 6. The number of rotatable bonds is 7. The number of nitrogens with one attached hydrogen (secondary N) is 3. The minimum absolute atomic E-state index is 0.319. The van der Waals surface area contributed by atoms with E-state index in [9.17, 15) is 18.0 Å². The minimum atomic E-state index is -4.57. The van der Waals surface area contributed by atoms with Crippen molar-refractivity contribution in [2.24, 2.45) is 0 Å². The van der Waals surface area contributed by atoms with Crippen LogP contribution in [0, 0.1) is 0 Å². The second-order valence-corrected chi connectivity index (χ2v) is 8.88. The van der Waals surface area contributed by atoms with E-state index in [1.165, 1.54) is 18.2 Å². The molecule has 182 valence electrons. The number of thiophene rings is 1. The Hall–Kier alpha value is -3.70. The Morgan fingerprint density at radius 2 is 1.74 bits per heavy atom. The van der Waals surface area contributed by atoms with Gasteiger partial charge in [-0.25, -0.2) is 14.8 Å². The lowest BCUT2D eigenvalue weighted by molar-refractivity contribution is -0.136. The molecule has 0 aliphatic rings. The molecule has 4 aromatic rings. The van der Waals surface area contributed by atoms with Gasteiger partial charge in [0.05, 0.1) is 21.5 Å². The van der Waals surface area contributed by atoms with Gasteiger partial charge in [0, 0.05) is 24.3 Å². The molecule has 0 atom stereocenters. The van der Waals surface area contributed by atoms with Crippen LogP contribution in [0.25, 0.3) is 21.6 Å². The second kappa shape index (κ2) is 10.3. The number of fused-ring (bicyclic) bond motifs is 1. The zero-order chi connectivity index (χ0) is 25.0. The highest BCUT2D eigenvalue weighted by molar-refractivity contribution is 7.17. The first-order valence-corrected chi connectivity index (χ1v) is 11.6. The molecule has 2 aromatic heterocycles. The summed E-state index contributed by atoms with van der Waals surface area (Å²) in [6.07, 6.45) is -4.57. The summed E-state index contributed by atoms with van der Waals surface area (Å²) in [6.45, 7) is 1.58. The van der Waals surface area contributed by atoms with Crippen molar-refractivity contribution in [1.82, 2.24) is 14.9 Å². The molecule has 0 unspecified atom stereocenters. The van der Waals surface area contributed by atoms with Gasteiger partial charge in [-0.2, -0.15) is 13.2 Å². The number of carbonyl (C=O) groups is 1. The van der Waals surface area contributed by atoms with Crippen LogP contribution in [0.3, 0.4) is 0 Å². The predicted molar refractivity (Wildman–Crippen MR) is 134 cm³/mol. The number of amides is 2. The highest BCUT2D eigenvalue weighted by atomic mass is 32.1. The number of halogens is 3. The molecule has 11 heteroatoms. The Morgan fingerprint density at radius 3 is 2.46 bits per heavy atom. The van der Waals surface area contributed by atoms with Gasteiger partial charge in [0.2, 0.25) is 0 Å². The number of urea groups is 1. The van der Waals surface area contributed by atoms with Crippen molar-refractivity contribution in [1.29, 1.82) is 0 Å². The van der Waals surface area contributed by atoms with Gasteiger partial charge < -0.3 is 20.9 Å². The topological polar surface area (TPSA) is 82.2 Å². The maximum absolute atomic E-state index is 13.2. The van der Waals surface area contributed by atoms with Crippen molar-refractivity contribution in [3.8, 4) is 11.4 Å². The summed E-state index contributed by atoms with van der Waals surface area (Å²) in [4.78, 5) is 23.7. The molecule has 0 spiro atoms. The molecular weight excluding hydrogens is 477 g/mol. The van der Waals surface area contributed by atoms with E-state index < -0.39 is 17.8 Å². The molecule has 35 heavy (non-hydrogen) atoms. The van der Waals surface area contributed by atoms with Crippen LogP contribution in [0.4, 0.5) is 35.2 Å². The van der Waals surface area contributed by atoms with Crippen LogP contribution < -0.4 is 16.0 Å². The number of para-hydroxylation sites is 1. The second-order valence-electron chi connectivity index (χ2n) is 7.96. The van der Waals surface area contributed by atoms with E-state index in [1.807, 2.05) is 25.5 Å². The summed E-state index contributed by atoms with van der Waals surface area (Å²) in [5.74, 6) is 1.28. The van der Waals surface area contributed by atoms with Crippen LogP contribution in [0.5, 0.6) is 0 Å². The standard InChI is InChI=1S/C24H23F3N6OS/c1-33(2)13-12-28-22-20-19(11-14-35-20)30-21(32-22)15-7-9-16(10-8-15)29-23(34)31-18-6-4-3-5-17(18)24(25,26)27/h3-11,14H,12-13H2,1-2H3,(H,28,30,32)(H2,29,31,34). The molecule has 0 aliphatic carbocycles. The van der Waals surface area contributed by atoms with E-state index in [2.05, 4.69) is 30.8 Å². The average Bonchev–Trinajstić information content (AvgIpc) is 3.28. The molecule has 4 rings (SSSR count). The fourth-order valence-corrected chi connectivity index (χ4v) is 4.13. The van der Waals surface area contributed by atoms with E-state index in [-0.39, 0.29) is 5.69 Å². The van der Waals surface area contributed by atoms with Crippen LogP contribution in [0.1, 0.15) is 5.56 Å². The van der Waals surface area contributed by atoms with Gasteiger partial charge in [0.25, 0.3) is 0 Å².